The number of likely N-dealkylation sites (tertiary alicyclic amines) is 1. The van der Waals surface area contributed by atoms with Crippen molar-refractivity contribution in [2.75, 3.05) is 33.4 Å². The lowest BCUT2D eigenvalue weighted by molar-refractivity contribution is -0.135. The van der Waals surface area contributed by atoms with Crippen molar-refractivity contribution in [2.45, 2.75) is 44.6 Å². The van der Waals surface area contributed by atoms with Crippen LogP contribution in [0.5, 0.6) is 0 Å². The summed E-state index contributed by atoms with van der Waals surface area (Å²) < 4.78 is 23.6. The summed E-state index contributed by atoms with van der Waals surface area (Å²) in [5.74, 6) is 2.13. The molecule has 0 aromatic carbocycles. The number of esters is 1. The molecule has 1 aliphatic heterocycles. The van der Waals surface area contributed by atoms with Gasteiger partial charge in [0.05, 0.1) is 19.4 Å². The van der Waals surface area contributed by atoms with E-state index >= 15 is 0 Å². The molecular weight excluding hydrogens is 405 g/mol. The van der Waals surface area contributed by atoms with E-state index in [2.05, 4.69) is 41.4 Å². The van der Waals surface area contributed by atoms with Gasteiger partial charge in [0.25, 0.3) is 0 Å². The third-order valence-electron chi connectivity index (χ3n) is 8.00. The van der Waals surface area contributed by atoms with Crippen molar-refractivity contribution in [2.24, 2.45) is 23.2 Å². The molecular formula is C27H34FNO3. The van der Waals surface area contributed by atoms with E-state index in [4.69, 9.17) is 9.47 Å². The predicted octanol–water partition coefficient (Wildman–Crippen LogP) is 4.91. The molecule has 2 fully saturated rings. The Hall–Kier alpha value is -2.14. The highest BCUT2D eigenvalue weighted by Gasteiger charge is 2.65. The lowest BCUT2D eigenvalue weighted by Gasteiger charge is -2.28. The molecule has 0 bridgehead atoms. The first-order valence-corrected chi connectivity index (χ1v) is 12.2. The number of hydrogen-bond donors (Lipinski definition) is 0. The number of allylic oxidation sites excluding steroid dienone is 7. The van der Waals surface area contributed by atoms with Gasteiger partial charge in [0.15, 0.2) is 0 Å². The Morgan fingerprint density at radius 2 is 2.19 bits per heavy atom. The van der Waals surface area contributed by atoms with Crippen molar-refractivity contribution < 1.29 is 18.7 Å². The number of methoxy groups -OCH3 is 1. The number of fused-ring (bicyclic) bond motifs is 1. The van der Waals surface area contributed by atoms with Crippen molar-refractivity contribution in [1.82, 2.24) is 4.90 Å². The minimum absolute atomic E-state index is 0.0810. The van der Waals surface area contributed by atoms with Crippen LogP contribution in [0.15, 0.2) is 59.4 Å². The lowest BCUT2D eigenvalue weighted by Crippen LogP contribution is -2.24. The first kappa shape index (κ1) is 21.7. The van der Waals surface area contributed by atoms with Crippen molar-refractivity contribution in [1.29, 1.82) is 0 Å². The minimum Gasteiger partial charge on any atom is -0.489 e. The van der Waals surface area contributed by atoms with Crippen molar-refractivity contribution in [3.8, 4) is 0 Å². The third kappa shape index (κ3) is 3.89. The highest BCUT2D eigenvalue weighted by Crippen LogP contribution is 2.71. The monoisotopic (exact) mass is 439 g/mol. The van der Waals surface area contributed by atoms with Gasteiger partial charge >= 0.3 is 5.97 Å². The molecule has 4 nitrogen and oxygen atoms in total. The van der Waals surface area contributed by atoms with Crippen LogP contribution in [0.2, 0.25) is 0 Å². The number of hydrogen-bond acceptors (Lipinski definition) is 4. The second-order valence-corrected chi connectivity index (χ2v) is 9.78. The Kier molecular flexibility index (Phi) is 6.11. The second-order valence-electron chi connectivity index (χ2n) is 9.78. The summed E-state index contributed by atoms with van der Waals surface area (Å²) in [5, 5.41) is 0. The van der Waals surface area contributed by atoms with E-state index in [9.17, 15) is 9.18 Å². The SMILES string of the molecule is COC(=O)C1=CC2C3CCCC=C(C4C=CC(OC5CCN(CCCF)C5)=CC4)C23C=C1. The average Bonchev–Trinajstić information content (AvgIpc) is 3.31. The van der Waals surface area contributed by atoms with E-state index < -0.39 is 0 Å². The number of alkyl halides is 1. The highest BCUT2D eigenvalue weighted by atomic mass is 19.1. The molecule has 1 spiro atoms. The standard InChI is InChI=1S/C27H34FNO3/c1-31-26(30)20-11-13-27-23(5-2-3-6-24(27)25(27)17-20)19-7-9-21(10-8-19)32-22-12-16-29(18-22)15-4-14-28/h5,7,9-11,13,17,19,22,24-25H,2-4,6,8,12,14-16,18H2,1H3. The molecule has 0 N–H and O–H groups in total. The number of nitrogens with zero attached hydrogens (tertiary/aromatic N) is 1. The van der Waals surface area contributed by atoms with Crippen molar-refractivity contribution in [3.63, 3.8) is 0 Å². The van der Waals surface area contributed by atoms with Crippen LogP contribution in [0.1, 0.15) is 38.5 Å². The van der Waals surface area contributed by atoms with E-state index in [0.29, 0.717) is 29.7 Å². The quantitative estimate of drug-likeness (QED) is 0.417. The topological polar surface area (TPSA) is 38.8 Å². The molecule has 5 unspecified atom stereocenters. The molecule has 172 valence electrons. The minimum atomic E-state index is -0.245. The van der Waals surface area contributed by atoms with Crippen LogP contribution in [0.4, 0.5) is 4.39 Å². The van der Waals surface area contributed by atoms with Crippen LogP contribution in [0.25, 0.3) is 0 Å². The molecule has 1 heterocycles. The molecule has 5 atom stereocenters. The van der Waals surface area contributed by atoms with Crippen LogP contribution >= 0.6 is 0 Å². The van der Waals surface area contributed by atoms with E-state index in [-0.39, 0.29) is 24.2 Å². The smallest absolute Gasteiger partial charge is 0.337 e. The van der Waals surface area contributed by atoms with Crippen molar-refractivity contribution >= 4 is 5.97 Å². The van der Waals surface area contributed by atoms with Gasteiger partial charge in [0.2, 0.25) is 0 Å². The molecule has 0 aromatic heterocycles. The zero-order chi connectivity index (χ0) is 22.1. The molecule has 0 aromatic rings. The number of carbonyl (C=O) groups excluding carboxylic acids is 1. The summed E-state index contributed by atoms with van der Waals surface area (Å²) in [7, 11) is 1.45. The van der Waals surface area contributed by atoms with Gasteiger partial charge in [-0.3, -0.25) is 9.29 Å². The Bertz CT molecular complexity index is 901. The largest absolute Gasteiger partial charge is 0.489 e. The number of ether oxygens (including phenoxy) is 2. The fourth-order valence-electron chi connectivity index (χ4n) is 6.39. The fourth-order valence-corrected chi connectivity index (χ4v) is 6.39. The maximum absolute atomic E-state index is 12.4. The first-order valence-electron chi connectivity index (χ1n) is 12.2. The Balaban J connectivity index is 1.23. The average molecular weight is 440 g/mol. The zero-order valence-electron chi connectivity index (χ0n) is 19.0. The van der Waals surface area contributed by atoms with Gasteiger partial charge < -0.3 is 9.47 Å². The molecule has 4 aliphatic carbocycles. The predicted molar refractivity (Wildman–Crippen MR) is 122 cm³/mol. The Morgan fingerprint density at radius 3 is 2.97 bits per heavy atom. The maximum atomic E-state index is 12.4. The maximum Gasteiger partial charge on any atom is 0.337 e. The second kappa shape index (κ2) is 9.01. The molecule has 0 radical (unpaired) electrons. The molecule has 32 heavy (non-hydrogen) atoms. The van der Waals surface area contributed by atoms with Crippen molar-refractivity contribution in [3.05, 3.63) is 59.4 Å². The fraction of sp³-hybridized carbons (Fsp3) is 0.593. The first-order chi connectivity index (χ1) is 15.7. The van der Waals surface area contributed by atoms with Gasteiger partial charge in [-0.1, -0.05) is 36.0 Å². The molecule has 5 rings (SSSR count). The van der Waals surface area contributed by atoms with Gasteiger partial charge in [-0.05, 0) is 62.5 Å². The van der Waals surface area contributed by atoms with E-state index in [0.717, 1.165) is 44.7 Å². The number of carbonyl (C=O) groups is 1. The van der Waals surface area contributed by atoms with Crippen LogP contribution in [0, 0.1) is 23.2 Å². The Labute approximate surface area is 190 Å². The van der Waals surface area contributed by atoms with Crippen LogP contribution in [-0.4, -0.2) is 50.4 Å². The number of halogens is 1. The van der Waals surface area contributed by atoms with E-state index in [1.54, 1.807) is 0 Å². The van der Waals surface area contributed by atoms with Crippen LogP contribution in [0.3, 0.4) is 0 Å². The summed E-state index contributed by atoms with van der Waals surface area (Å²) in [6, 6.07) is 0. The van der Waals surface area contributed by atoms with Gasteiger partial charge in [0.1, 0.15) is 11.9 Å². The van der Waals surface area contributed by atoms with E-state index in [1.807, 2.05) is 6.08 Å². The summed E-state index contributed by atoms with van der Waals surface area (Å²) in [6.45, 7) is 2.47. The van der Waals surface area contributed by atoms with Crippen LogP contribution < -0.4 is 0 Å². The van der Waals surface area contributed by atoms with Gasteiger partial charge in [0, 0.05) is 31.0 Å². The zero-order valence-corrected chi connectivity index (χ0v) is 19.0. The lowest BCUT2D eigenvalue weighted by atomic mass is 9.77. The highest BCUT2D eigenvalue weighted by molar-refractivity contribution is 5.92. The molecule has 1 saturated carbocycles. The third-order valence-corrected chi connectivity index (χ3v) is 8.00. The molecule has 0 amide bonds. The van der Waals surface area contributed by atoms with Gasteiger partial charge in [-0.15, -0.1) is 0 Å². The summed E-state index contributed by atoms with van der Waals surface area (Å²) >= 11 is 0. The van der Waals surface area contributed by atoms with Crippen LogP contribution in [-0.2, 0) is 14.3 Å². The van der Waals surface area contributed by atoms with Gasteiger partial charge in [-0.2, -0.15) is 0 Å². The van der Waals surface area contributed by atoms with E-state index in [1.165, 1.54) is 25.5 Å². The summed E-state index contributed by atoms with van der Waals surface area (Å²) in [4.78, 5) is 14.3. The molecule has 5 aliphatic rings. The molecule has 5 heteroatoms. The summed E-state index contributed by atoms with van der Waals surface area (Å²) in [5.41, 5.74) is 2.30. The Morgan fingerprint density at radius 1 is 1.28 bits per heavy atom. The van der Waals surface area contributed by atoms with Gasteiger partial charge in [-0.25, -0.2) is 4.79 Å². The number of rotatable bonds is 7. The normalized spacial score (nSPS) is 35.8. The molecule has 1 saturated heterocycles. The summed E-state index contributed by atoms with van der Waals surface area (Å²) in [6.07, 6.45) is 21.9.